The number of carbonyl (C=O) groups is 2. The molecular weight excluding hydrogens is 310 g/mol. The summed E-state index contributed by atoms with van der Waals surface area (Å²) < 4.78 is 0. The Balaban J connectivity index is 1.93. The Labute approximate surface area is 139 Å². The van der Waals surface area contributed by atoms with Gasteiger partial charge < -0.3 is 10.0 Å². The van der Waals surface area contributed by atoms with E-state index >= 15 is 0 Å². The summed E-state index contributed by atoms with van der Waals surface area (Å²) in [4.78, 5) is 26.4. The number of hydrogen-bond donors (Lipinski definition) is 1. The van der Waals surface area contributed by atoms with E-state index in [9.17, 15) is 9.59 Å². The fraction of sp³-hybridized carbons (Fsp3) is 0.222. The molecule has 1 amide bonds. The van der Waals surface area contributed by atoms with Crippen molar-refractivity contribution in [2.45, 2.75) is 30.0 Å². The van der Waals surface area contributed by atoms with Crippen molar-refractivity contribution >= 4 is 29.3 Å². The lowest BCUT2D eigenvalue weighted by Gasteiger charge is -2.33. The van der Waals surface area contributed by atoms with Gasteiger partial charge in [-0.05, 0) is 24.6 Å². The van der Waals surface area contributed by atoms with Gasteiger partial charge in [-0.1, -0.05) is 42.0 Å². The van der Waals surface area contributed by atoms with Crippen molar-refractivity contribution < 1.29 is 14.7 Å². The van der Waals surface area contributed by atoms with E-state index in [0.29, 0.717) is 6.54 Å². The standard InChI is InChI=1S/C18H17NO3S/c1-12-6-8-13(9-7-12)11-19-14-4-2-3-5-15(14)23-16(18(19)22)10-17(20)21/h2-9,16H,10-11H2,1H3,(H,20,21). The summed E-state index contributed by atoms with van der Waals surface area (Å²) in [7, 11) is 0. The Bertz CT molecular complexity index is 742. The average Bonchev–Trinajstić information content (AvgIpc) is 2.53. The van der Waals surface area contributed by atoms with E-state index in [1.165, 1.54) is 17.3 Å². The number of fused-ring (bicyclic) bond motifs is 1. The highest BCUT2D eigenvalue weighted by atomic mass is 32.2. The van der Waals surface area contributed by atoms with E-state index < -0.39 is 11.2 Å². The Kier molecular flexibility index (Phi) is 4.39. The second-order valence-electron chi connectivity index (χ2n) is 5.58. The number of aliphatic carboxylic acids is 1. The number of carbonyl (C=O) groups excluding carboxylic acids is 1. The topological polar surface area (TPSA) is 57.6 Å². The van der Waals surface area contributed by atoms with Crippen LogP contribution >= 0.6 is 11.8 Å². The van der Waals surface area contributed by atoms with E-state index in [4.69, 9.17) is 5.11 Å². The van der Waals surface area contributed by atoms with Crippen molar-refractivity contribution in [1.82, 2.24) is 0 Å². The maximum absolute atomic E-state index is 12.7. The highest BCUT2D eigenvalue weighted by Crippen LogP contribution is 2.40. The molecule has 2 aromatic carbocycles. The Hall–Kier alpha value is -2.27. The van der Waals surface area contributed by atoms with Crippen LogP contribution in [0.1, 0.15) is 17.5 Å². The van der Waals surface area contributed by atoms with E-state index in [1.54, 1.807) is 4.90 Å². The first-order valence-electron chi connectivity index (χ1n) is 7.39. The first kappa shape index (κ1) is 15.6. The van der Waals surface area contributed by atoms with Crippen molar-refractivity contribution in [1.29, 1.82) is 0 Å². The van der Waals surface area contributed by atoms with Crippen molar-refractivity contribution in [3.8, 4) is 0 Å². The molecule has 118 valence electrons. The SMILES string of the molecule is Cc1ccc(CN2C(=O)C(CC(=O)O)Sc3ccccc32)cc1. The highest BCUT2D eigenvalue weighted by molar-refractivity contribution is 8.01. The molecule has 1 N–H and O–H groups in total. The molecule has 0 aromatic heterocycles. The predicted molar refractivity (Wildman–Crippen MR) is 90.7 cm³/mol. The zero-order chi connectivity index (χ0) is 16.4. The molecule has 5 heteroatoms. The van der Waals surface area contributed by atoms with E-state index in [2.05, 4.69) is 0 Å². The number of amides is 1. The molecule has 1 aliphatic rings. The van der Waals surface area contributed by atoms with Crippen molar-refractivity contribution in [2.24, 2.45) is 0 Å². The van der Waals surface area contributed by atoms with Gasteiger partial charge in [0.05, 0.1) is 23.9 Å². The second-order valence-corrected chi connectivity index (χ2v) is 6.83. The summed E-state index contributed by atoms with van der Waals surface area (Å²) in [5.41, 5.74) is 3.04. The van der Waals surface area contributed by atoms with Crippen LogP contribution in [0.25, 0.3) is 0 Å². The molecule has 2 aromatic rings. The smallest absolute Gasteiger partial charge is 0.305 e. The number of carboxylic acids is 1. The molecule has 0 radical (unpaired) electrons. The fourth-order valence-corrected chi connectivity index (χ4v) is 3.82. The molecule has 0 bridgehead atoms. The van der Waals surface area contributed by atoms with E-state index in [-0.39, 0.29) is 12.3 Å². The number of benzene rings is 2. The third kappa shape index (κ3) is 3.40. The maximum Gasteiger partial charge on any atom is 0.305 e. The number of hydrogen-bond acceptors (Lipinski definition) is 3. The molecule has 0 aliphatic carbocycles. The van der Waals surface area contributed by atoms with Gasteiger partial charge in [-0.3, -0.25) is 9.59 Å². The largest absolute Gasteiger partial charge is 0.481 e. The Morgan fingerprint density at radius 3 is 2.57 bits per heavy atom. The second kappa shape index (κ2) is 6.46. The van der Waals surface area contributed by atoms with Crippen LogP contribution in [0.2, 0.25) is 0 Å². The molecular formula is C18H17NO3S. The van der Waals surface area contributed by atoms with Gasteiger partial charge in [-0.15, -0.1) is 11.8 Å². The molecule has 23 heavy (non-hydrogen) atoms. The van der Waals surface area contributed by atoms with Crippen molar-refractivity contribution in [3.05, 3.63) is 59.7 Å². The number of carboxylic acid groups (broad SMARTS) is 1. The van der Waals surface area contributed by atoms with Crippen LogP contribution in [0.3, 0.4) is 0 Å². The fourth-order valence-electron chi connectivity index (χ4n) is 2.60. The van der Waals surface area contributed by atoms with Crippen LogP contribution in [-0.4, -0.2) is 22.2 Å². The minimum atomic E-state index is -0.953. The van der Waals surface area contributed by atoms with Gasteiger partial charge in [0.25, 0.3) is 0 Å². The monoisotopic (exact) mass is 327 g/mol. The molecule has 3 rings (SSSR count). The molecule has 0 fully saturated rings. The summed E-state index contributed by atoms with van der Waals surface area (Å²) in [5, 5.41) is 8.48. The number of thioether (sulfide) groups is 1. The molecule has 1 aliphatic heterocycles. The molecule has 0 spiro atoms. The van der Waals surface area contributed by atoms with Crippen LogP contribution in [0.15, 0.2) is 53.4 Å². The minimum Gasteiger partial charge on any atom is -0.481 e. The van der Waals surface area contributed by atoms with Gasteiger partial charge in [0, 0.05) is 4.90 Å². The van der Waals surface area contributed by atoms with Gasteiger partial charge >= 0.3 is 5.97 Å². The summed E-state index contributed by atoms with van der Waals surface area (Å²) in [5.74, 6) is -1.10. The van der Waals surface area contributed by atoms with Gasteiger partial charge in [0.15, 0.2) is 0 Å². The lowest BCUT2D eigenvalue weighted by atomic mass is 10.1. The zero-order valence-corrected chi connectivity index (χ0v) is 13.5. The van der Waals surface area contributed by atoms with Gasteiger partial charge in [0.1, 0.15) is 0 Å². The molecule has 1 unspecified atom stereocenters. The quantitative estimate of drug-likeness (QED) is 0.934. The maximum atomic E-state index is 12.7. The number of rotatable bonds is 4. The number of anilines is 1. The predicted octanol–water partition coefficient (Wildman–Crippen LogP) is 3.48. The highest BCUT2D eigenvalue weighted by Gasteiger charge is 2.34. The Morgan fingerprint density at radius 2 is 1.87 bits per heavy atom. The van der Waals surface area contributed by atoms with Gasteiger partial charge in [0.2, 0.25) is 5.91 Å². The third-order valence-electron chi connectivity index (χ3n) is 3.79. The first-order chi connectivity index (χ1) is 11.0. The summed E-state index contributed by atoms with van der Waals surface area (Å²) in [6.07, 6.45) is -0.164. The molecule has 4 nitrogen and oxygen atoms in total. The van der Waals surface area contributed by atoms with Gasteiger partial charge in [-0.2, -0.15) is 0 Å². The number of aryl methyl sites for hydroxylation is 1. The minimum absolute atomic E-state index is 0.142. The van der Waals surface area contributed by atoms with Crippen LogP contribution in [-0.2, 0) is 16.1 Å². The van der Waals surface area contributed by atoms with Crippen molar-refractivity contribution in [3.63, 3.8) is 0 Å². The van der Waals surface area contributed by atoms with E-state index in [0.717, 1.165) is 16.1 Å². The van der Waals surface area contributed by atoms with Crippen LogP contribution in [0.4, 0.5) is 5.69 Å². The zero-order valence-electron chi connectivity index (χ0n) is 12.7. The summed E-state index contributed by atoms with van der Waals surface area (Å²) in [6.45, 7) is 2.47. The first-order valence-corrected chi connectivity index (χ1v) is 8.27. The van der Waals surface area contributed by atoms with Crippen LogP contribution < -0.4 is 4.90 Å². The molecule has 1 atom stereocenters. The lowest BCUT2D eigenvalue weighted by Crippen LogP contribution is -2.41. The molecule has 0 saturated carbocycles. The van der Waals surface area contributed by atoms with E-state index in [1.807, 2.05) is 55.5 Å². The number of para-hydroxylation sites is 1. The third-order valence-corrected chi connectivity index (χ3v) is 5.04. The van der Waals surface area contributed by atoms with Gasteiger partial charge in [-0.25, -0.2) is 0 Å². The van der Waals surface area contributed by atoms with Crippen LogP contribution in [0, 0.1) is 6.92 Å². The average molecular weight is 327 g/mol. The van der Waals surface area contributed by atoms with Crippen LogP contribution in [0.5, 0.6) is 0 Å². The summed E-state index contributed by atoms with van der Waals surface area (Å²) in [6, 6.07) is 15.7. The lowest BCUT2D eigenvalue weighted by molar-refractivity contribution is -0.138. The Morgan fingerprint density at radius 1 is 1.17 bits per heavy atom. The number of nitrogens with zero attached hydrogens (tertiary/aromatic N) is 1. The van der Waals surface area contributed by atoms with Crippen molar-refractivity contribution in [2.75, 3.05) is 4.90 Å². The molecule has 1 heterocycles. The molecule has 0 saturated heterocycles. The summed E-state index contributed by atoms with van der Waals surface area (Å²) >= 11 is 1.34. The normalized spacial score (nSPS) is 17.0.